The summed E-state index contributed by atoms with van der Waals surface area (Å²) in [6, 6.07) is 9.39. The third kappa shape index (κ3) is 2.78. The molecule has 0 radical (unpaired) electrons. The number of nitrogens with zero attached hydrogens (tertiary/aromatic N) is 1. The van der Waals surface area contributed by atoms with Crippen molar-refractivity contribution in [1.29, 1.82) is 0 Å². The van der Waals surface area contributed by atoms with E-state index in [1.165, 1.54) is 26.5 Å². The van der Waals surface area contributed by atoms with Crippen LogP contribution in [0.5, 0.6) is 5.75 Å². The average molecular weight is 346 g/mol. The number of fused-ring (bicyclic) bond motifs is 1. The molecular weight excluding hydrogens is 333 g/mol. The molecule has 3 aromatic rings. The fourth-order valence-electron chi connectivity index (χ4n) is 2.48. The van der Waals surface area contributed by atoms with Crippen molar-refractivity contribution in [2.24, 2.45) is 0 Å². The second kappa shape index (κ2) is 6.45. The van der Waals surface area contributed by atoms with Gasteiger partial charge >= 0.3 is 5.97 Å². The fraction of sp³-hybridized carbons (Fsp3) is 0.111. The van der Waals surface area contributed by atoms with Gasteiger partial charge in [-0.3, -0.25) is 4.98 Å². The highest BCUT2D eigenvalue weighted by Crippen LogP contribution is 2.34. The molecular formula is C18H13ClFNO3. The minimum Gasteiger partial charge on any atom is -0.497 e. The first kappa shape index (κ1) is 16.2. The maximum absolute atomic E-state index is 14.4. The van der Waals surface area contributed by atoms with Crippen molar-refractivity contribution in [3.05, 3.63) is 59.0 Å². The Morgan fingerprint density at radius 2 is 1.92 bits per heavy atom. The third-order valence-corrected chi connectivity index (χ3v) is 3.99. The summed E-state index contributed by atoms with van der Waals surface area (Å²) in [6.45, 7) is 0. The lowest BCUT2D eigenvalue weighted by Gasteiger charge is -2.10. The average Bonchev–Trinajstić information content (AvgIpc) is 2.61. The Kier molecular flexibility index (Phi) is 4.36. The minimum atomic E-state index is -0.488. The molecule has 2 aromatic carbocycles. The Bertz CT molecular complexity index is 943. The second-order valence-corrected chi connectivity index (χ2v) is 5.46. The van der Waals surface area contributed by atoms with Crippen LogP contribution < -0.4 is 4.74 Å². The van der Waals surface area contributed by atoms with Gasteiger partial charge in [0.2, 0.25) is 0 Å². The summed E-state index contributed by atoms with van der Waals surface area (Å²) < 4.78 is 24.2. The van der Waals surface area contributed by atoms with Crippen molar-refractivity contribution in [2.75, 3.05) is 14.2 Å². The smallest absolute Gasteiger partial charge is 0.337 e. The number of halogens is 2. The highest BCUT2D eigenvalue weighted by atomic mass is 35.5. The molecule has 0 saturated carbocycles. The molecule has 0 atom stereocenters. The molecule has 0 fully saturated rings. The first-order valence-electron chi connectivity index (χ1n) is 7.05. The molecule has 0 bridgehead atoms. The lowest BCUT2D eigenvalue weighted by atomic mass is 10.0. The zero-order chi connectivity index (χ0) is 17.3. The van der Waals surface area contributed by atoms with E-state index < -0.39 is 11.8 Å². The SMILES string of the molecule is COC(=O)c1ccc2c(Cl)cnc(-c3ccc(OC)cc3F)c2c1. The number of ether oxygens (including phenoxy) is 2. The van der Waals surface area contributed by atoms with Gasteiger partial charge < -0.3 is 9.47 Å². The Balaban J connectivity index is 2.27. The number of rotatable bonds is 3. The Morgan fingerprint density at radius 1 is 1.12 bits per heavy atom. The van der Waals surface area contributed by atoms with E-state index in [4.69, 9.17) is 21.1 Å². The van der Waals surface area contributed by atoms with Crippen LogP contribution in [0.3, 0.4) is 0 Å². The van der Waals surface area contributed by atoms with Crippen molar-refractivity contribution in [2.45, 2.75) is 0 Å². The largest absolute Gasteiger partial charge is 0.497 e. The van der Waals surface area contributed by atoms with Crippen molar-refractivity contribution in [3.63, 3.8) is 0 Å². The van der Waals surface area contributed by atoms with Crippen LogP contribution in [0.4, 0.5) is 4.39 Å². The number of esters is 1. The molecule has 6 heteroatoms. The quantitative estimate of drug-likeness (QED) is 0.656. The summed E-state index contributed by atoms with van der Waals surface area (Å²) in [5.74, 6) is -0.559. The van der Waals surface area contributed by atoms with E-state index in [2.05, 4.69) is 4.98 Å². The van der Waals surface area contributed by atoms with Crippen LogP contribution in [0.15, 0.2) is 42.6 Å². The fourth-order valence-corrected chi connectivity index (χ4v) is 2.70. The van der Waals surface area contributed by atoms with Gasteiger partial charge in [0.1, 0.15) is 11.6 Å². The number of methoxy groups -OCH3 is 2. The molecule has 0 aliphatic rings. The van der Waals surface area contributed by atoms with Gasteiger partial charge in [-0.25, -0.2) is 9.18 Å². The van der Waals surface area contributed by atoms with Crippen molar-refractivity contribution >= 4 is 28.3 Å². The maximum Gasteiger partial charge on any atom is 0.337 e. The Hall–Kier alpha value is -2.66. The number of hydrogen-bond acceptors (Lipinski definition) is 4. The molecule has 0 aliphatic heterocycles. The summed E-state index contributed by atoms with van der Waals surface area (Å²) in [4.78, 5) is 16.0. The van der Waals surface area contributed by atoms with Crippen LogP contribution in [0.1, 0.15) is 10.4 Å². The van der Waals surface area contributed by atoms with E-state index in [0.717, 1.165) is 0 Å². The standard InChI is InChI=1S/C18H13ClFNO3/c1-23-11-4-6-13(16(20)8-11)17-14-7-10(18(22)24-2)3-5-12(14)15(19)9-21-17/h3-9H,1-2H3. The third-order valence-electron chi connectivity index (χ3n) is 3.69. The summed E-state index contributed by atoms with van der Waals surface area (Å²) in [5.41, 5.74) is 1.02. The molecule has 0 unspecified atom stereocenters. The molecule has 3 rings (SSSR count). The zero-order valence-electron chi connectivity index (χ0n) is 13.0. The van der Waals surface area contributed by atoms with E-state index in [0.29, 0.717) is 38.4 Å². The van der Waals surface area contributed by atoms with Crippen molar-refractivity contribution in [1.82, 2.24) is 4.98 Å². The molecule has 0 saturated heterocycles. The first-order chi connectivity index (χ1) is 11.5. The van der Waals surface area contributed by atoms with Crippen LogP contribution in [-0.4, -0.2) is 25.2 Å². The zero-order valence-corrected chi connectivity index (χ0v) is 13.7. The molecule has 24 heavy (non-hydrogen) atoms. The van der Waals surface area contributed by atoms with Crippen LogP contribution in [0.2, 0.25) is 5.02 Å². The van der Waals surface area contributed by atoms with Gasteiger partial charge in [-0.15, -0.1) is 0 Å². The van der Waals surface area contributed by atoms with Crippen LogP contribution in [0, 0.1) is 5.82 Å². The molecule has 4 nitrogen and oxygen atoms in total. The summed E-state index contributed by atoms with van der Waals surface area (Å²) in [7, 11) is 2.76. The Morgan fingerprint density at radius 3 is 2.58 bits per heavy atom. The number of benzene rings is 2. The predicted octanol–water partition coefficient (Wildman–Crippen LogP) is 4.49. The summed E-state index contributed by atoms with van der Waals surface area (Å²) in [5, 5.41) is 1.65. The minimum absolute atomic E-state index is 0.291. The van der Waals surface area contributed by atoms with E-state index in [1.54, 1.807) is 30.3 Å². The summed E-state index contributed by atoms with van der Waals surface area (Å²) in [6.07, 6.45) is 1.46. The number of pyridine rings is 1. The molecule has 1 heterocycles. The van der Waals surface area contributed by atoms with Gasteiger partial charge in [0.05, 0.1) is 30.5 Å². The Labute approximate surface area is 142 Å². The first-order valence-corrected chi connectivity index (χ1v) is 7.43. The topological polar surface area (TPSA) is 48.4 Å². The number of aromatic nitrogens is 1. The normalized spacial score (nSPS) is 10.7. The van der Waals surface area contributed by atoms with E-state index in [-0.39, 0.29) is 0 Å². The molecule has 0 amide bonds. The molecule has 0 N–H and O–H groups in total. The number of carbonyl (C=O) groups is 1. The number of hydrogen-bond donors (Lipinski definition) is 0. The van der Waals surface area contributed by atoms with Crippen LogP contribution >= 0.6 is 11.6 Å². The molecule has 1 aromatic heterocycles. The van der Waals surface area contributed by atoms with Gasteiger partial charge in [-0.1, -0.05) is 17.7 Å². The predicted molar refractivity (Wildman–Crippen MR) is 90.0 cm³/mol. The molecule has 122 valence electrons. The van der Waals surface area contributed by atoms with Gasteiger partial charge in [-0.05, 0) is 24.3 Å². The second-order valence-electron chi connectivity index (χ2n) is 5.05. The van der Waals surface area contributed by atoms with Gasteiger partial charge in [0.25, 0.3) is 0 Å². The van der Waals surface area contributed by atoms with Crippen molar-refractivity contribution < 1.29 is 18.7 Å². The van der Waals surface area contributed by atoms with Crippen LogP contribution in [0.25, 0.3) is 22.0 Å². The highest BCUT2D eigenvalue weighted by Gasteiger charge is 2.15. The summed E-state index contributed by atoms with van der Waals surface area (Å²) >= 11 is 6.18. The monoisotopic (exact) mass is 345 g/mol. The lowest BCUT2D eigenvalue weighted by molar-refractivity contribution is 0.0601. The van der Waals surface area contributed by atoms with Gasteiger partial charge in [0.15, 0.2) is 0 Å². The lowest BCUT2D eigenvalue weighted by Crippen LogP contribution is -2.01. The van der Waals surface area contributed by atoms with Gasteiger partial charge in [-0.2, -0.15) is 0 Å². The van der Waals surface area contributed by atoms with Crippen LogP contribution in [-0.2, 0) is 4.74 Å². The van der Waals surface area contributed by atoms with E-state index in [1.807, 2.05) is 0 Å². The van der Waals surface area contributed by atoms with Gasteiger partial charge in [0, 0.05) is 28.6 Å². The molecule has 0 spiro atoms. The number of carbonyl (C=O) groups excluding carboxylic acids is 1. The van der Waals surface area contributed by atoms with Crippen molar-refractivity contribution in [3.8, 4) is 17.0 Å². The van der Waals surface area contributed by atoms with E-state index >= 15 is 0 Å². The van der Waals surface area contributed by atoms with E-state index in [9.17, 15) is 9.18 Å². The highest BCUT2D eigenvalue weighted by molar-refractivity contribution is 6.35. The molecule has 0 aliphatic carbocycles. The maximum atomic E-state index is 14.4.